The molecule has 1 aromatic heterocycles. The number of ether oxygens (including phenoxy) is 1. The number of methoxy groups -OCH3 is 1. The Labute approximate surface area is 213 Å². The van der Waals surface area contributed by atoms with Crippen molar-refractivity contribution in [3.63, 3.8) is 0 Å². The van der Waals surface area contributed by atoms with E-state index in [1.54, 1.807) is 0 Å². The van der Waals surface area contributed by atoms with E-state index in [0.717, 1.165) is 57.3 Å². The zero-order chi connectivity index (χ0) is 26.6. The fourth-order valence-corrected chi connectivity index (χ4v) is 5.35. The van der Waals surface area contributed by atoms with E-state index in [0.29, 0.717) is 17.5 Å². The summed E-state index contributed by atoms with van der Waals surface area (Å²) in [6.45, 7) is 3.50. The number of anilines is 1. The number of halogens is 3. The normalized spacial score (nSPS) is 21.6. The molecule has 0 radical (unpaired) electrons. The Morgan fingerprint density at radius 1 is 1.16 bits per heavy atom. The number of nitrogens with one attached hydrogen (secondary N) is 3. The van der Waals surface area contributed by atoms with Crippen LogP contribution in [0, 0.1) is 5.92 Å². The number of aromatic nitrogens is 2. The number of carbonyl (C=O) groups excluding carboxylic acids is 2. The molecule has 202 valence electrons. The highest BCUT2D eigenvalue weighted by molar-refractivity contribution is 5.91. The van der Waals surface area contributed by atoms with Crippen molar-refractivity contribution < 1.29 is 27.5 Å². The second-order valence-corrected chi connectivity index (χ2v) is 9.74. The summed E-state index contributed by atoms with van der Waals surface area (Å²) in [5.74, 6) is 0.380. The van der Waals surface area contributed by atoms with E-state index in [9.17, 15) is 22.8 Å². The van der Waals surface area contributed by atoms with Gasteiger partial charge in [0.15, 0.2) is 0 Å². The van der Waals surface area contributed by atoms with Crippen molar-refractivity contribution in [1.82, 2.24) is 25.5 Å². The molecule has 2 amide bonds. The topological polar surface area (TPSA) is 108 Å². The highest BCUT2D eigenvalue weighted by Gasteiger charge is 2.37. The monoisotopic (exact) mass is 522 g/mol. The van der Waals surface area contributed by atoms with Crippen LogP contribution in [0.4, 0.5) is 23.8 Å². The van der Waals surface area contributed by atoms with Crippen LogP contribution >= 0.6 is 0 Å². The van der Waals surface area contributed by atoms with Gasteiger partial charge in [0, 0.05) is 30.6 Å². The summed E-state index contributed by atoms with van der Waals surface area (Å²) >= 11 is 0. The van der Waals surface area contributed by atoms with Gasteiger partial charge in [-0.3, -0.25) is 9.69 Å². The van der Waals surface area contributed by atoms with E-state index in [-0.39, 0.29) is 41.8 Å². The van der Waals surface area contributed by atoms with E-state index in [2.05, 4.69) is 37.7 Å². The Kier molecular flexibility index (Phi) is 8.35. The van der Waals surface area contributed by atoms with Crippen molar-refractivity contribution in [2.24, 2.45) is 5.92 Å². The number of benzene rings is 1. The molecule has 9 nitrogen and oxygen atoms in total. The minimum atomic E-state index is -4.48. The molecule has 2 aliphatic rings. The van der Waals surface area contributed by atoms with Crippen LogP contribution in [0.3, 0.4) is 0 Å². The molecule has 0 bridgehead atoms. The lowest BCUT2D eigenvalue weighted by Gasteiger charge is -2.47. The van der Waals surface area contributed by atoms with Gasteiger partial charge in [0.25, 0.3) is 0 Å². The van der Waals surface area contributed by atoms with E-state index in [1.807, 2.05) is 0 Å². The van der Waals surface area contributed by atoms with Gasteiger partial charge >= 0.3 is 12.3 Å². The van der Waals surface area contributed by atoms with Gasteiger partial charge in [-0.25, -0.2) is 14.8 Å². The predicted octanol–water partition coefficient (Wildman–Crippen LogP) is 3.55. The molecule has 2 fully saturated rings. The number of carbonyl (C=O) groups is 2. The van der Waals surface area contributed by atoms with Crippen LogP contribution in [0.5, 0.6) is 0 Å². The SMILES string of the molecule is CCC(NC(=O)OC)C1CCC(N2CC(NC(=O)CNc3ncnc4ccc(C(F)(F)F)cc34)C2)CC1. The first-order valence-electron chi connectivity index (χ1n) is 12.6. The maximum absolute atomic E-state index is 13.1. The van der Waals surface area contributed by atoms with Gasteiger partial charge in [0.1, 0.15) is 12.1 Å². The minimum absolute atomic E-state index is 0.0374. The van der Waals surface area contributed by atoms with E-state index < -0.39 is 11.7 Å². The van der Waals surface area contributed by atoms with Crippen LogP contribution in [0.1, 0.15) is 44.6 Å². The molecular weight excluding hydrogens is 489 g/mol. The van der Waals surface area contributed by atoms with Crippen molar-refractivity contribution >= 4 is 28.7 Å². The molecule has 3 N–H and O–H groups in total. The molecule has 1 atom stereocenters. The van der Waals surface area contributed by atoms with Gasteiger partial charge < -0.3 is 20.7 Å². The summed E-state index contributed by atoms with van der Waals surface area (Å²) in [6, 6.07) is 3.88. The molecule has 2 heterocycles. The third kappa shape index (κ3) is 6.60. The first kappa shape index (κ1) is 26.9. The Bertz CT molecular complexity index is 1100. The molecule has 0 spiro atoms. The van der Waals surface area contributed by atoms with Gasteiger partial charge in [-0.15, -0.1) is 0 Å². The summed E-state index contributed by atoms with van der Waals surface area (Å²) < 4.78 is 44.0. The predicted molar refractivity (Wildman–Crippen MR) is 132 cm³/mol. The molecule has 4 rings (SSSR count). The van der Waals surface area contributed by atoms with Crippen molar-refractivity contribution in [3.05, 3.63) is 30.1 Å². The van der Waals surface area contributed by atoms with Gasteiger partial charge in [-0.1, -0.05) is 6.92 Å². The van der Waals surface area contributed by atoms with Crippen LogP contribution in [-0.4, -0.2) is 71.7 Å². The Morgan fingerprint density at radius 2 is 1.89 bits per heavy atom. The van der Waals surface area contributed by atoms with Crippen molar-refractivity contribution in [1.29, 1.82) is 0 Å². The standard InChI is InChI=1S/C25H33F3N6O3/c1-3-20(33-24(36)37-2)15-4-7-18(8-5-15)34-12-17(13-34)32-22(35)11-29-23-19-10-16(25(26,27)28)6-9-21(19)30-14-31-23/h6,9-10,14-15,17-18,20H,3-5,7-8,11-13H2,1-2H3,(H,32,35)(H,33,36)(H,29,30,31). The van der Waals surface area contributed by atoms with Crippen molar-refractivity contribution in [3.8, 4) is 0 Å². The highest BCUT2D eigenvalue weighted by Crippen LogP contribution is 2.33. The number of amides is 2. The molecule has 1 saturated carbocycles. The molecule has 2 aromatic rings. The third-order valence-electron chi connectivity index (χ3n) is 7.41. The molecule has 1 aliphatic heterocycles. The smallest absolute Gasteiger partial charge is 0.416 e. The fraction of sp³-hybridized carbons (Fsp3) is 0.600. The second-order valence-electron chi connectivity index (χ2n) is 9.74. The number of hydrogen-bond acceptors (Lipinski definition) is 7. The first-order chi connectivity index (χ1) is 17.7. The minimum Gasteiger partial charge on any atom is -0.453 e. The Hall–Kier alpha value is -3.15. The number of fused-ring (bicyclic) bond motifs is 1. The summed E-state index contributed by atoms with van der Waals surface area (Å²) in [5.41, 5.74) is -0.433. The molecular formula is C25H33F3N6O3. The number of rotatable bonds is 8. The Morgan fingerprint density at radius 3 is 2.54 bits per heavy atom. The van der Waals surface area contributed by atoms with Gasteiger partial charge in [-0.2, -0.15) is 13.2 Å². The number of nitrogens with zero attached hydrogens (tertiary/aromatic N) is 3. The average molecular weight is 523 g/mol. The zero-order valence-corrected chi connectivity index (χ0v) is 21.0. The zero-order valence-electron chi connectivity index (χ0n) is 21.0. The number of hydrogen-bond donors (Lipinski definition) is 3. The highest BCUT2D eigenvalue weighted by atomic mass is 19.4. The third-order valence-corrected chi connectivity index (χ3v) is 7.41. The van der Waals surface area contributed by atoms with Crippen LogP contribution in [0.15, 0.2) is 24.5 Å². The molecule has 37 heavy (non-hydrogen) atoms. The second kappa shape index (κ2) is 11.5. The summed E-state index contributed by atoms with van der Waals surface area (Å²) in [7, 11) is 1.37. The summed E-state index contributed by atoms with van der Waals surface area (Å²) in [4.78, 5) is 34.5. The molecule has 1 aliphatic carbocycles. The Balaban J connectivity index is 1.21. The van der Waals surface area contributed by atoms with Crippen molar-refractivity contribution in [2.45, 2.75) is 63.3 Å². The summed E-state index contributed by atoms with van der Waals surface area (Å²) in [6.07, 6.45) is 1.42. The van der Waals surface area contributed by atoms with E-state index in [4.69, 9.17) is 4.74 Å². The lowest BCUT2D eigenvalue weighted by atomic mass is 9.79. The molecule has 1 aromatic carbocycles. The number of alkyl carbamates (subject to hydrolysis) is 1. The van der Waals surface area contributed by atoms with Crippen LogP contribution in [0.2, 0.25) is 0 Å². The maximum Gasteiger partial charge on any atom is 0.416 e. The van der Waals surface area contributed by atoms with Gasteiger partial charge in [0.2, 0.25) is 5.91 Å². The average Bonchev–Trinajstić information content (AvgIpc) is 2.87. The van der Waals surface area contributed by atoms with Crippen LogP contribution in [0.25, 0.3) is 10.9 Å². The lowest BCUT2D eigenvalue weighted by Crippen LogP contribution is -2.63. The fourth-order valence-electron chi connectivity index (χ4n) is 5.35. The molecule has 12 heteroatoms. The van der Waals surface area contributed by atoms with Gasteiger partial charge in [0.05, 0.1) is 30.8 Å². The van der Waals surface area contributed by atoms with Crippen molar-refractivity contribution in [2.75, 3.05) is 32.1 Å². The molecule has 1 saturated heterocycles. The number of alkyl halides is 3. The first-order valence-corrected chi connectivity index (χ1v) is 12.6. The summed E-state index contributed by atoms with van der Waals surface area (Å²) in [5, 5.41) is 8.98. The van der Waals surface area contributed by atoms with E-state index >= 15 is 0 Å². The quantitative estimate of drug-likeness (QED) is 0.487. The molecule has 1 unspecified atom stereocenters. The number of likely N-dealkylation sites (tertiary alicyclic amines) is 1. The van der Waals surface area contributed by atoms with E-state index in [1.165, 1.54) is 19.5 Å². The van der Waals surface area contributed by atoms with Gasteiger partial charge in [-0.05, 0) is 56.2 Å². The largest absolute Gasteiger partial charge is 0.453 e. The van der Waals surface area contributed by atoms with Crippen LogP contribution in [-0.2, 0) is 15.7 Å². The van der Waals surface area contributed by atoms with Crippen LogP contribution < -0.4 is 16.0 Å². The maximum atomic E-state index is 13.1. The lowest BCUT2D eigenvalue weighted by molar-refractivity contribution is -0.137.